The van der Waals surface area contributed by atoms with Crippen LogP contribution in [0.25, 0.3) is 0 Å². The summed E-state index contributed by atoms with van der Waals surface area (Å²) in [7, 11) is 0. The summed E-state index contributed by atoms with van der Waals surface area (Å²) in [5, 5.41) is 8.75. The van der Waals surface area contributed by atoms with Crippen LogP contribution in [0.3, 0.4) is 0 Å². The molecular formula is C18H20N2O2. The lowest BCUT2D eigenvalue weighted by Gasteiger charge is -2.15. The molecule has 0 aromatic heterocycles. The van der Waals surface area contributed by atoms with Crippen LogP contribution in [0.4, 0.5) is 0 Å². The normalized spacial score (nSPS) is 11.5. The maximum absolute atomic E-state index is 8.75. The number of hydrogen-bond donors (Lipinski definition) is 1. The van der Waals surface area contributed by atoms with Crippen LogP contribution in [0.5, 0.6) is 11.5 Å². The quantitative estimate of drug-likeness (QED) is 0.848. The molecule has 114 valence electrons. The Morgan fingerprint density at radius 3 is 2.55 bits per heavy atom. The van der Waals surface area contributed by atoms with Crippen LogP contribution in [0.2, 0.25) is 0 Å². The highest BCUT2D eigenvalue weighted by Crippen LogP contribution is 2.31. The maximum atomic E-state index is 8.75. The van der Waals surface area contributed by atoms with Gasteiger partial charge in [-0.25, -0.2) is 0 Å². The molecule has 4 heteroatoms. The lowest BCUT2D eigenvalue weighted by Crippen LogP contribution is -2.10. The van der Waals surface area contributed by atoms with Gasteiger partial charge in [-0.2, -0.15) is 5.26 Å². The first-order chi connectivity index (χ1) is 10.7. The average Bonchev–Trinajstić information content (AvgIpc) is 2.55. The molecule has 0 aliphatic carbocycles. The number of nitrogens with two attached hydrogens (primary N) is 1. The standard InChI is InChI=1S/C18H20N2O2/c1-2-21-18-12-15(16(20)10-11-19)8-9-17(18)22-13-14-6-4-3-5-7-14/h3-9,12,16H,2,10,13,20H2,1H3/t16-/m0/s1. The second-order valence-corrected chi connectivity index (χ2v) is 4.88. The SMILES string of the molecule is CCOc1cc([C@@H](N)CC#N)ccc1OCc1ccccc1. The smallest absolute Gasteiger partial charge is 0.161 e. The summed E-state index contributed by atoms with van der Waals surface area (Å²) >= 11 is 0. The Morgan fingerprint density at radius 1 is 1.09 bits per heavy atom. The molecule has 0 saturated heterocycles. The summed E-state index contributed by atoms with van der Waals surface area (Å²) in [5.41, 5.74) is 7.93. The predicted octanol–water partition coefficient (Wildman–Crippen LogP) is 3.58. The third-order valence-corrected chi connectivity index (χ3v) is 3.24. The van der Waals surface area contributed by atoms with Gasteiger partial charge in [-0.15, -0.1) is 0 Å². The molecule has 0 amide bonds. The van der Waals surface area contributed by atoms with E-state index in [1.54, 1.807) is 0 Å². The fraction of sp³-hybridized carbons (Fsp3) is 0.278. The van der Waals surface area contributed by atoms with Crippen molar-refractivity contribution < 1.29 is 9.47 Å². The first kappa shape index (κ1) is 15.9. The van der Waals surface area contributed by atoms with Crippen molar-refractivity contribution in [1.82, 2.24) is 0 Å². The molecule has 0 radical (unpaired) electrons. The lowest BCUT2D eigenvalue weighted by molar-refractivity contribution is 0.269. The topological polar surface area (TPSA) is 68.3 Å². The molecule has 0 bridgehead atoms. The Morgan fingerprint density at radius 2 is 1.86 bits per heavy atom. The van der Waals surface area contributed by atoms with Crippen LogP contribution >= 0.6 is 0 Å². The van der Waals surface area contributed by atoms with E-state index in [9.17, 15) is 0 Å². The minimum atomic E-state index is -0.313. The van der Waals surface area contributed by atoms with E-state index in [4.69, 9.17) is 20.5 Å². The third kappa shape index (κ3) is 4.24. The van der Waals surface area contributed by atoms with Gasteiger partial charge in [0.25, 0.3) is 0 Å². The van der Waals surface area contributed by atoms with Crippen LogP contribution < -0.4 is 15.2 Å². The highest BCUT2D eigenvalue weighted by atomic mass is 16.5. The molecular weight excluding hydrogens is 276 g/mol. The van der Waals surface area contributed by atoms with E-state index >= 15 is 0 Å². The summed E-state index contributed by atoms with van der Waals surface area (Å²) < 4.78 is 11.5. The lowest BCUT2D eigenvalue weighted by atomic mass is 10.0. The Kier molecular flexibility index (Phi) is 5.81. The third-order valence-electron chi connectivity index (χ3n) is 3.24. The zero-order valence-corrected chi connectivity index (χ0v) is 12.7. The molecule has 0 unspecified atom stereocenters. The van der Waals surface area contributed by atoms with Gasteiger partial charge in [-0.3, -0.25) is 0 Å². The van der Waals surface area contributed by atoms with E-state index in [0.717, 1.165) is 11.1 Å². The first-order valence-corrected chi connectivity index (χ1v) is 7.30. The van der Waals surface area contributed by atoms with E-state index < -0.39 is 0 Å². The van der Waals surface area contributed by atoms with Gasteiger partial charge in [0, 0.05) is 6.04 Å². The van der Waals surface area contributed by atoms with Crippen LogP contribution in [0.15, 0.2) is 48.5 Å². The van der Waals surface area contributed by atoms with Crippen LogP contribution in [0, 0.1) is 11.3 Å². The summed E-state index contributed by atoms with van der Waals surface area (Å²) in [5.74, 6) is 1.34. The number of benzene rings is 2. The Balaban J connectivity index is 2.14. The van der Waals surface area contributed by atoms with E-state index in [2.05, 4.69) is 6.07 Å². The van der Waals surface area contributed by atoms with Crippen molar-refractivity contribution in [3.05, 3.63) is 59.7 Å². The summed E-state index contributed by atoms with van der Waals surface area (Å²) in [4.78, 5) is 0. The number of nitriles is 1. The van der Waals surface area contributed by atoms with E-state index in [1.807, 2.05) is 55.5 Å². The maximum Gasteiger partial charge on any atom is 0.161 e. The average molecular weight is 296 g/mol. The van der Waals surface area contributed by atoms with E-state index in [1.165, 1.54) is 0 Å². The van der Waals surface area contributed by atoms with Gasteiger partial charge in [0.1, 0.15) is 6.61 Å². The highest BCUT2D eigenvalue weighted by Gasteiger charge is 2.11. The Labute approximate surface area is 131 Å². The van der Waals surface area contributed by atoms with Crippen LogP contribution in [-0.4, -0.2) is 6.61 Å². The molecule has 22 heavy (non-hydrogen) atoms. The van der Waals surface area contributed by atoms with Gasteiger partial charge in [0.15, 0.2) is 11.5 Å². The fourth-order valence-corrected chi connectivity index (χ4v) is 2.09. The van der Waals surface area contributed by atoms with E-state index in [0.29, 0.717) is 24.7 Å². The highest BCUT2D eigenvalue weighted by molar-refractivity contribution is 5.44. The Hall–Kier alpha value is -2.51. The molecule has 0 saturated carbocycles. The van der Waals surface area contributed by atoms with Crippen molar-refractivity contribution in [3.63, 3.8) is 0 Å². The summed E-state index contributed by atoms with van der Waals surface area (Å²) in [6, 6.07) is 17.3. The molecule has 0 fully saturated rings. The molecule has 1 atom stereocenters. The van der Waals surface area contributed by atoms with Crippen LogP contribution in [0.1, 0.15) is 30.5 Å². The molecule has 0 aliphatic heterocycles. The fourth-order valence-electron chi connectivity index (χ4n) is 2.09. The Bertz CT molecular complexity index is 635. The van der Waals surface area contributed by atoms with Crippen molar-refractivity contribution in [3.8, 4) is 17.6 Å². The second-order valence-electron chi connectivity index (χ2n) is 4.88. The molecule has 0 spiro atoms. The van der Waals surface area contributed by atoms with E-state index in [-0.39, 0.29) is 12.5 Å². The first-order valence-electron chi connectivity index (χ1n) is 7.30. The molecule has 0 heterocycles. The predicted molar refractivity (Wildman–Crippen MR) is 85.5 cm³/mol. The molecule has 4 nitrogen and oxygen atoms in total. The monoisotopic (exact) mass is 296 g/mol. The minimum absolute atomic E-state index is 0.274. The van der Waals surface area contributed by atoms with Crippen LogP contribution in [-0.2, 0) is 6.61 Å². The van der Waals surface area contributed by atoms with Gasteiger partial charge >= 0.3 is 0 Å². The van der Waals surface area contributed by atoms with Gasteiger partial charge in [0.2, 0.25) is 0 Å². The van der Waals surface area contributed by atoms with Gasteiger partial charge in [-0.1, -0.05) is 36.4 Å². The molecule has 2 rings (SSSR count). The molecule has 2 aromatic rings. The molecule has 0 aliphatic rings. The number of hydrogen-bond acceptors (Lipinski definition) is 4. The van der Waals surface area contributed by atoms with Crippen molar-refractivity contribution in [2.45, 2.75) is 26.0 Å². The zero-order valence-electron chi connectivity index (χ0n) is 12.7. The molecule has 2 N–H and O–H groups in total. The van der Waals surface area contributed by atoms with Crippen molar-refractivity contribution >= 4 is 0 Å². The summed E-state index contributed by atoms with van der Waals surface area (Å²) in [6.45, 7) is 2.94. The largest absolute Gasteiger partial charge is 0.490 e. The van der Waals surface area contributed by atoms with Gasteiger partial charge in [-0.05, 0) is 30.2 Å². The van der Waals surface area contributed by atoms with Gasteiger partial charge < -0.3 is 15.2 Å². The van der Waals surface area contributed by atoms with Gasteiger partial charge in [0.05, 0.1) is 19.1 Å². The van der Waals surface area contributed by atoms with Crippen molar-refractivity contribution in [2.24, 2.45) is 5.73 Å². The van der Waals surface area contributed by atoms with Crippen molar-refractivity contribution in [2.75, 3.05) is 6.61 Å². The number of nitrogens with zero attached hydrogens (tertiary/aromatic N) is 1. The summed E-state index contributed by atoms with van der Waals surface area (Å²) in [6.07, 6.45) is 0.274. The zero-order chi connectivity index (χ0) is 15.8. The number of rotatable bonds is 7. The second kappa shape index (κ2) is 8.06. The molecule has 2 aromatic carbocycles. The van der Waals surface area contributed by atoms with Crippen molar-refractivity contribution in [1.29, 1.82) is 5.26 Å². The number of ether oxygens (including phenoxy) is 2. The minimum Gasteiger partial charge on any atom is -0.490 e.